The van der Waals surface area contributed by atoms with Crippen molar-refractivity contribution in [3.63, 3.8) is 0 Å². The molecule has 0 saturated carbocycles. The number of benzene rings is 2. The summed E-state index contributed by atoms with van der Waals surface area (Å²) < 4.78 is 61.0. The van der Waals surface area contributed by atoms with Crippen LogP contribution in [0.25, 0.3) is 56.8 Å². The van der Waals surface area contributed by atoms with Crippen molar-refractivity contribution in [1.82, 2.24) is 68.7 Å². The van der Waals surface area contributed by atoms with Crippen LogP contribution in [-0.4, -0.2) is 139 Å². The van der Waals surface area contributed by atoms with Gasteiger partial charge in [-0.2, -0.15) is 0 Å². The predicted octanol–water partition coefficient (Wildman–Crippen LogP) is 7.32. The van der Waals surface area contributed by atoms with Gasteiger partial charge in [-0.25, -0.2) is 62.2 Å². The van der Waals surface area contributed by atoms with Crippen molar-refractivity contribution in [2.45, 2.75) is 39.2 Å². The number of aromatic nitrogens is 10. The zero-order valence-electron chi connectivity index (χ0n) is 38.7. The number of imidazole rings is 2. The fourth-order valence-electron chi connectivity index (χ4n) is 7.93. The number of alkyl halides is 4. The minimum absolute atomic E-state index is 0.0172. The molecule has 0 unspecified atom stereocenters. The average molecular weight is 971 g/mol. The molecule has 10 rings (SSSR count). The van der Waals surface area contributed by atoms with E-state index < -0.39 is 18.5 Å². The lowest BCUT2D eigenvalue weighted by atomic mass is 10.1. The van der Waals surface area contributed by atoms with Gasteiger partial charge in [0.25, 0.3) is 24.7 Å². The van der Waals surface area contributed by atoms with Crippen LogP contribution in [0, 0.1) is 0 Å². The zero-order valence-corrected chi connectivity index (χ0v) is 38.7. The van der Waals surface area contributed by atoms with E-state index in [4.69, 9.17) is 4.74 Å². The zero-order chi connectivity index (χ0) is 49.8. The molecule has 18 nitrogen and oxygen atoms in total. The van der Waals surface area contributed by atoms with Gasteiger partial charge in [-0.05, 0) is 57.2 Å². The Morgan fingerprint density at radius 1 is 0.577 bits per heavy atom. The van der Waals surface area contributed by atoms with E-state index in [0.717, 1.165) is 18.7 Å². The molecule has 3 amide bonds. The van der Waals surface area contributed by atoms with Gasteiger partial charge in [-0.1, -0.05) is 24.3 Å². The minimum Gasteiger partial charge on any atom is -0.444 e. The number of hydrogen-bond donors (Lipinski definition) is 1. The third-order valence-electron chi connectivity index (χ3n) is 11.5. The topological polar surface area (TPSA) is 194 Å². The standard InChI is InChI=1S/C27H27F2N7O3.C22H19F2N7O/c1-27(2,3)39-26(38)35-11-9-34(10-12-35)25(37)18-6-4-5-17(13-18)19-7-8-30-24(33-19)21-14-32-22-15-31-20(23(28)29)16-36(21)22;23-20(24)17-13-31-18(11-28-19(31)12-27-17)21-26-5-4-16(29-21)14-2-1-3-15(10-14)22(32)30-8-6-25-7-9-30/h4-8,13-16,23H,9-12H2,1-3H3;1-5,10-13,20,25H,6-9H2. The summed E-state index contributed by atoms with van der Waals surface area (Å²) in [5.41, 5.74) is 4.11. The second kappa shape index (κ2) is 20.4. The van der Waals surface area contributed by atoms with E-state index in [9.17, 15) is 31.9 Å². The molecular weight excluding hydrogens is 925 g/mol. The Morgan fingerprint density at radius 3 is 1.48 bits per heavy atom. The summed E-state index contributed by atoms with van der Waals surface area (Å²) in [5.74, 6) is 0.460. The number of nitrogens with one attached hydrogen (secondary N) is 1. The molecule has 2 aromatic carbocycles. The van der Waals surface area contributed by atoms with Gasteiger partial charge < -0.3 is 24.8 Å². The number of piperazine rings is 2. The summed E-state index contributed by atoms with van der Waals surface area (Å²) in [7, 11) is 0. The van der Waals surface area contributed by atoms with E-state index in [1.807, 2.05) is 49.9 Å². The van der Waals surface area contributed by atoms with E-state index in [1.54, 1.807) is 58.6 Å². The molecule has 1 N–H and O–H groups in total. The average Bonchev–Trinajstić information content (AvgIpc) is 4.03. The molecule has 0 radical (unpaired) electrons. The van der Waals surface area contributed by atoms with Crippen LogP contribution in [0.15, 0.2) is 110 Å². The maximum atomic E-state index is 13.3. The SMILES string of the molecule is CC(C)(C)OC(=O)N1CCN(C(=O)c2cccc(-c3ccnc(-c4cnc5cnc(C(F)F)cn45)n3)c2)CC1.O=C(c1cccc(-c2ccnc(-c3cnc4cnc(C(F)F)cn34)n2)c1)N1CCNCC1. The molecule has 22 heteroatoms. The van der Waals surface area contributed by atoms with Crippen molar-refractivity contribution in [2.24, 2.45) is 0 Å². The highest BCUT2D eigenvalue weighted by Crippen LogP contribution is 2.27. The maximum absolute atomic E-state index is 13.3. The molecule has 0 bridgehead atoms. The molecule has 8 aromatic rings. The summed E-state index contributed by atoms with van der Waals surface area (Å²) in [6.45, 7) is 9.91. The van der Waals surface area contributed by atoms with E-state index >= 15 is 0 Å². The van der Waals surface area contributed by atoms with Gasteiger partial charge in [0.05, 0.1) is 36.2 Å². The van der Waals surface area contributed by atoms with Gasteiger partial charge in [0.1, 0.15) is 28.4 Å². The number of hydrogen-bond acceptors (Lipinski definition) is 13. The van der Waals surface area contributed by atoms with Gasteiger partial charge in [0.2, 0.25) is 0 Å². The largest absolute Gasteiger partial charge is 0.444 e. The van der Waals surface area contributed by atoms with Gasteiger partial charge in [0, 0.05) is 99.4 Å². The molecule has 2 fully saturated rings. The highest BCUT2D eigenvalue weighted by atomic mass is 19.3. The monoisotopic (exact) mass is 970 g/mol. The first kappa shape index (κ1) is 47.8. The van der Waals surface area contributed by atoms with Crippen molar-refractivity contribution >= 4 is 29.2 Å². The quantitative estimate of drug-likeness (QED) is 0.149. The molecule has 0 aliphatic carbocycles. The number of nitrogens with zero attached hydrogens (tertiary/aromatic N) is 13. The van der Waals surface area contributed by atoms with Crippen molar-refractivity contribution < 1.29 is 36.7 Å². The van der Waals surface area contributed by atoms with Crippen LogP contribution < -0.4 is 5.32 Å². The number of carbonyl (C=O) groups excluding carboxylic acids is 3. The lowest BCUT2D eigenvalue weighted by Crippen LogP contribution is -2.51. The Morgan fingerprint density at radius 2 is 1.03 bits per heavy atom. The van der Waals surface area contributed by atoms with Crippen LogP contribution in [0.4, 0.5) is 22.4 Å². The smallest absolute Gasteiger partial charge is 0.410 e. The number of amides is 3. The van der Waals surface area contributed by atoms with E-state index in [1.165, 1.54) is 46.0 Å². The Kier molecular flexibility index (Phi) is 13.7. The number of carbonyl (C=O) groups is 3. The van der Waals surface area contributed by atoms with Gasteiger partial charge in [-0.15, -0.1) is 0 Å². The Balaban J connectivity index is 0.000000179. The second-order valence-electron chi connectivity index (χ2n) is 17.5. The van der Waals surface area contributed by atoms with Crippen LogP contribution in [-0.2, 0) is 4.74 Å². The Hall–Kier alpha value is -8.27. The molecule has 2 aliphatic rings. The first-order valence-corrected chi connectivity index (χ1v) is 22.6. The summed E-state index contributed by atoms with van der Waals surface area (Å²) in [6, 6.07) is 17.8. The summed E-state index contributed by atoms with van der Waals surface area (Å²) in [4.78, 5) is 77.3. The molecule has 71 heavy (non-hydrogen) atoms. The van der Waals surface area contributed by atoms with Gasteiger partial charge >= 0.3 is 6.09 Å². The Bertz CT molecular complexity index is 3240. The summed E-state index contributed by atoms with van der Waals surface area (Å²) >= 11 is 0. The summed E-state index contributed by atoms with van der Waals surface area (Å²) in [5, 5.41) is 3.24. The number of halogens is 4. The Labute approximate surface area is 403 Å². The van der Waals surface area contributed by atoms with Crippen LogP contribution in [0.2, 0.25) is 0 Å². The van der Waals surface area contributed by atoms with Crippen molar-refractivity contribution in [3.8, 4) is 45.6 Å². The first-order chi connectivity index (χ1) is 34.2. The number of fused-ring (bicyclic) bond motifs is 2. The molecule has 8 heterocycles. The lowest BCUT2D eigenvalue weighted by Gasteiger charge is -2.35. The molecule has 364 valence electrons. The van der Waals surface area contributed by atoms with E-state index in [2.05, 4.69) is 45.2 Å². The lowest BCUT2D eigenvalue weighted by molar-refractivity contribution is 0.0141. The van der Waals surface area contributed by atoms with Gasteiger partial charge in [0.15, 0.2) is 22.9 Å². The third kappa shape index (κ3) is 10.8. The first-order valence-electron chi connectivity index (χ1n) is 22.6. The van der Waals surface area contributed by atoms with Crippen molar-refractivity contribution in [3.05, 3.63) is 133 Å². The molecule has 2 aliphatic heterocycles. The predicted molar refractivity (Wildman–Crippen MR) is 251 cm³/mol. The minimum atomic E-state index is -2.72. The second-order valence-corrected chi connectivity index (χ2v) is 17.5. The summed E-state index contributed by atoms with van der Waals surface area (Å²) in [6.07, 6.45) is 5.41. The van der Waals surface area contributed by atoms with E-state index in [-0.39, 0.29) is 29.3 Å². The van der Waals surface area contributed by atoms with Crippen LogP contribution in [0.1, 0.15) is 65.7 Å². The van der Waals surface area contributed by atoms with Gasteiger partial charge in [-0.3, -0.25) is 18.4 Å². The van der Waals surface area contributed by atoms with Crippen LogP contribution in [0.3, 0.4) is 0 Å². The fourth-order valence-corrected chi connectivity index (χ4v) is 7.93. The van der Waals surface area contributed by atoms with Crippen molar-refractivity contribution in [1.29, 1.82) is 0 Å². The highest BCUT2D eigenvalue weighted by Gasteiger charge is 2.29. The molecule has 2 saturated heterocycles. The number of rotatable bonds is 8. The third-order valence-corrected chi connectivity index (χ3v) is 11.5. The van der Waals surface area contributed by atoms with Crippen molar-refractivity contribution in [2.75, 3.05) is 52.4 Å². The number of ether oxygens (including phenoxy) is 1. The maximum Gasteiger partial charge on any atom is 0.410 e. The molecule has 0 spiro atoms. The van der Waals surface area contributed by atoms with Crippen LogP contribution >= 0.6 is 0 Å². The molecular formula is C49H46F4N14O4. The molecule has 6 aromatic heterocycles. The highest BCUT2D eigenvalue weighted by molar-refractivity contribution is 5.96. The van der Waals surface area contributed by atoms with Crippen LogP contribution in [0.5, 0.6) is 0 Å². The normalized spacial score (nSPS) is 14.2. The molecule has 0 atom stereocenters. The van der Waals surface area contributed by atoms with E-state index in [0.29, 0.717) is 102 Å². The fraction of sp³-hybridized carbons (Fsp3) is 0.286.